The molecule has 4 rings (SSSR count). The molecule has 0 saturated carbocycles. The number of hydrogen-bond acceptors (Lipinski definition) is 5. The first-order valence-corrected chi connectivity index (χ1v) is 10.6. The molecule has 1 saturated heterocycles. The Morgan fingerprint density at radius 1 is 1.19 bits per heavy atom. The fraction of sp³-hybridized carbons (Fsp3) is 0.500. The van der Waals surface area contributed by atoms with Crippen molar-refractivity contribution in [1.29, 1.82) is 0 Å². The summed E-state index contributed by atoms with van der Waals surface area (Å²) in [6.07, 6.45) is 0.206. The van der Waals surface area contributed by atoms with Crippen LogP contribution in [0.4, 0.5) is 30.6 Å². The molecule has 1 atom stereocenters. The van der Waals surface area contributed by atoms with E-state index in [1.54, 1.807) is 6.07 Å². The van der Waals surface area contributed by atoms with Gasteiger partial charge < -0.3 is 15.5 Å². The number of anilines is 3. The van der Waals surface area contributed by atoms with Crippen LogP contribution in [0.25, 0.3) is 0 Å². The number of aromatic nitrogens is 2. The molecule has 1 fully saturated rings. The van der Waals surface area contributed by atoms with Crippen molar-refractivity contribution in [3.05, 3.63) is 40.6 Å². The van der Waals surface area contributed by atoms with Gasteiger partial charge in [-0.1, -0.05) is 6.07 Å². The lowest BCUT2D eigenvalue weighted by Gasteiger charge is -2.25. The number of fused-ring (bicyclic) bond motifs is 1. The van der Waals surface area contributed by atoms with Crippen molar-refractivity contribution in [3.8, 4) is 0 Å². The highest BCUT2D eigenvalue weighted by molar-refractivity contribution is 5.73. The summed E-state index contributed by atoms with van der Waals surface area (Å²) in [5.41, 5.74) is 1.86. The van der Waals surface area contributed by atoms with E-state index in [-0.39, 0.29) is 17.5 Å². The van der Waals surface area contributed by atoms with Gasteiger partial charge in [0.15, 0.2) is 0 Å². The highest BCUT2D eigenvalue weighted by atomic mass is 19.4. The van der Waals surface area contributed by atoms with Gasteiger partial charge >= 0.3 is 6.18 Å². The van der Waals surface area contributed by atoms with Crippen LogP contribution in [-0.2, 0) is 23.8 Å². The molecule has 2 N–H and O–H groups in total. The minimum Gasteiger partial charge on any atom is -0.354 e. The van der Waals surface area contributed by atoms with E-state index in [0.29, 0.717) is 18.2 Å². The van der Waals surface area contributed by atoms with Crippen molar-refractivity contribution >= 4 is 23.4 Å². The van der Waals surface area contributed by atoms with Gasteiger partial charge in [-0.15, -0.1) is 0 Å². The Morgan fingerprint density at radius 2 is 1.97 bits per heavy atom. The number of benzene rings is 1. The van der Waals surface area contributed by atoms with Crippen LogP contribution in [-0.4, -0.2) is 35.0 Å². The van der Waals surface area contributed by atoms with Crippen LogP contribution in [0.15, 0.2) is 18.2 Å². The second kappa shape index (κ2) is 8.36. The lowest BCUT2D eigenvalue weighted by atomic mass is 9.96. The highest BCUT2D eigenvalue weighted by Crippen LogP contribution is 2.35. The zero-order valence-corrected chi connectivity index (χ0v) is 17.6. The van der Waals surface area contributed by atoms with E-state index in [9.17, 15) is 18.0 Å². The van der Waals surface area contributed by atoms with Crippen LogP contribution in [0.5, 0.6) is 0 Å². The first-order chi connectivity index (χ1) is 14.7. The Hall–Kier alpha value is -2.84. The van der Waals surface area contributed by atoms with Gasteiger partial charge in [0.05, 0.1) is 11.3 Å². The summed E-state index contributed by atoms with van der Waals surface area (Å²) in [7, 11) is 0. The smallest absolute Gasteiger partial charge is 0.354 e. The van der Waals surface area contributed by atoms with Gasteiger partial charge in [-0.2, -0.15) is 18.2 Å². The Bertz CT molecular complexity index is 992. The molecule has 2 aromatic rings. The third kappa shape index (κ3) is 4.75. The summed E-state index contributed by atoms with van der Waals surface area (Å²) < 4.78 is 39.9. The molecular formula is C22H26F3N5O. The van der Waals surface area contributed by atoms with Crippen molar-refractivity contribution in [2.45, 2.75) is 58.2 Å². The molecule has 0 radical (unpaired) electrons. The predicted octanol–water partition coefficient (Wildman–Crippen LogP) is 4.14. The van der Waals surface area contributed by atoms with Gasteiger partial charge in [-0.25, -0.2) is 4.98 Å². The van der Waals surface area contributed by atoms with E-state index >= 15 is 0 Å². The molecule has 9 heteroatoms. The van der Waals surface area contributed by atoms with E-state index in [2.05, 4.69) is 20.5 Å². The summed E-state index contributed by atoms with van der Waals surface area (Å²) in [5, 5.41) is 5.94. The summed E-state index contributed by atoms with van der Waals surface area (Å²) in [6.45, 7) is 4.37. The topological polar surface area (TPSA) is 70.2 Å². The van der Waals surface area contributed by atoms with E-state index in [1.165, 1.54) is 19.9 Å². The molecule has 0 spiro atoms. The maximum absolute atomic E-state index is 13.3. The molecule has 6 nitrogen and oxygen atoms in total. The maximum Gasteiger partial charge on any atom is 0.416 e. The van der Waals surface area contributed by atoms with Gasteiger partial charge in [0.1, 0.15) is 5.82 Å². The molecule has 0 bridgehead atoms. The molecule has 2 aliphatic rings. The van der Waals surface area contributed by atoms with E-state index in [0.717, 1.165) is 61.8 Å². The molecule has 1 amide bonds. The number of hydrogen-bond donors (Lipinski definition) is 2. The summed E-state index contributed by atoms with van der Waals surface area (Å²) in [4.78, 5) is 22.9. The summed E-state index contributed by atoms with van der Waals surface area (Å²) in [6, 6.07) is 4.22. The first kappa shape index (κ1) is 21.4. The monoisotopic (exact) mass is 433 g/mol. The van der Waals surface area contributed by atoms with E-state index < -0.39 is 11.7 Å². The number of nitrogens with zero attached hydrogens (tertiary/aromatic N) is 3. The van der Waals surface area contributed by atoms with E-state index in [1.807, 2.05) is 0 Å². The summed E-state index contributed by atoms with van der Waals surface area (Å²) in [5.74, 6) is 1.07. The zero-order chi connectivity index (χ0) is 22.2. The maximum atomic E-state index is 13.3. The Labute approximate surface area is 179 Å². The fourth-order valence-electron chi connectivity index (χ4n) is 4.38. The number of nitrogens with one attached hydrogen (secondary N) is 2. The van der Waals surface area contributed by atoms with Gasteiger partial charge in [0, 0.05) is 37.3 Å². The largest absolute Gasteiger partial charge is 0.416 e. The van der Waals surface area contributed by atoms with Crippen LogP contribution in [0, 0.1) is 6.92 Å². The van der Waals surface area contributed by atoms with Gasteiger partial charge in [0.2, 0.25) is 11.9 Å². The molecule has 166 valence electrons. The van der Waals surface area contributed by atoms with Crippen molar-refractivity contribution < 1.29 is 18.0 Å². The molecule has 31 heavy (non-hydrogen) atoms. The van der Waals surface area contributed by atoms with Gasteiger partial charge in [-0.05, 0) is 56.7 Å². The number of carbonyl (C=O) groups excluding carboxylic acids is 1. The lowest BCUT2D eigenvalue weighted by Crippen LogP contribution is -2.36. The molecular weight excluding hydrogens is 407 g/mol. The number of alkyl halides is 3. The van der Waals surface area contributed by atoms with Crippen LogP contribution >= 0.6 is 0 Å². The van der Waals surface area contributed by atoms with Crippen LogP contribution in [0.2, 0.25) is 0 Å². The molecule has 1 aromatic heterocycles. The van der Waals surface area contributed by atoms with Crippen molar-refractivity contribution in [2.24, 2.45) is 0 Å². The zero-order valence-electron chi connectivity index (χ0n) is 17.6. The average Bonchev–Trinajstić information content (AvgIpc) is 3.15. The number of amides is 1. The van der Waals surface area contributed by atoms with Crippen LogP contribution in [0.1, 0.15) is 48.6 Å². The number of halogens is 3. The standard InChI is InChI=1S/C22H26F3N5O/c1-13-7-8-15(11-18(13)22(23,24)25)27-21-28-19-6-4-3-5-17(19)20(29-21)30-10-9-16(12-30)26-14(2)31/h7-8,11,16H,3-6,9-10,12H2,1-2H3,(H,26,31)(H,27,28,29)/t16-/m0/s1. The quantitative estimate of drug-likeness (QED) is 0.759. The molecule has 1 aliphatic heterocycles. The normalized spacial score (nSPS) is 18.6. The van der Waals surface area contributed by atoms with Crippen LogP contribution in [0.3, 0.4) is 0 Å². The lowest BCUT2D eigenvalue weighted by molar-refractivity contribution is -0.138. The minimum atomic E-state index is -4.42. The number of aryl methyl sites for hydroxylation is 2. The molecule has 0 unspecified atom stereocenters. The van der Waals surface area contributed by atoms with Crippen molar-refractivity contribution in [2.75, 3.05) is 23.3 Å². The Kier molecular flexibility index (Phi) is 5.77. The minimum absolute atomic E-state index is 0.0567. The molecule has 1 aliphatic carbocycles. The second-order valence-corrected chi connectivity index (χ2v) is 8.29. The number of carbonyl (C=O) groups is 1. The third-order valence-corrected chi connectivity index (χ3v) is 5.86. The Morgan fingerprint density at radius 3 is 2.71 bits per heavy atom. The second-order valence-electron chi connectivity index (χ2n) is 8.29. The molecule has 2 heterocycles. The van der Waals surface area contributed by atoms with Gasteiger partial charge in [0.25, 0.3) is 0 Å². The SMILES string of the molecule is CC(=O)N[C@H]1CCN(c2nc(Nc3ccc(C)c(C(F)(F)F)c3)nc3c2CCCC3)C1. The fourth-order valence-corrected chi connectivity index (χ4v) is 4.38. The Balaban J connectivity index is 1.64. The van der Waals surface area contributed by atoms with Crippen molar-refractivity contribution in [3.63, 3.8) is 0 Å². The van der Waals surface area contributed by atoms with E-state index in [4.69, 9.17) is 4.98 Å². The number of rotatable bonds is 4. The third-order valence-electron chi connectivity index (χ3n) is 5.86. The van der Waals surface area contributed by atoms with Crippen molar-refractivity contribution in [1.82, 2.24) is 15.3 Å². The highest BCUT2D eigenvalue weighted by Gasteiger charge is 2.33. The van der Waals surface area contributed by atoms with Crippen LogP contribution < -0.4 is 15.5 Å². The average molecular weight is 433 g/mol. The summed E-state index contributed by atoms with van der Waals surface area (Å²) >= 11 is 0. The van der Waals surface area contributed by atoms with Gasteiger partial charge in [-0.3, -0.25) is 4.79 Å². The predicted molar refractivity (Wildman–Crippen MR) is 113 cm³/mol. The molecule has 1 aromatic carbocycles. The first-order valence-electron chi connectivity index (χ1n) is 10.6.